The quantitative estimate of drug-likeness (QED) is 0.518. The van der Waals surface area contributed by atoms with Crippen LogP contribution in [0.15, 0.2) is 0 Å². The van der Waals surface area contributed by atoms with Gasteiger partial charge in [-0.25, -0.2) is 0 Å². The van der Waals surface area contributed by atoms with Crippen molar-refractivity contribution >= 4 is 37.6 Å². The average Bonchev–Trinajstić information content (AvgIpc) is 2.01. The zero-order chi connectivity index (χ0) is 8.53. The fraction of sp³-hybridized carbons (Fsp3) is 0.875. The first kappa shape index (κ1) is 11.6. The van der Waals surface area contributed by atoms with Crippen LogP contribution in [0.25, 0.3) is 0 Å². The minimum atomic E-state index is 0.408. The lowest BCUT2D eigenvalue weighted by Crippen LogP contribution is -1.97. The Morgan fingerprint density at radius 1 is 0.909 bits per heavy atom. The molecule has 0 radical (unpaired) electrons. The van der Waals surface area contributed by atoms with E-state index in [1.807, 2.05) is 0 Å². The summed E-state index contributed by atoms with van der Waals surface area (Å²) >= 11 is 6.63. The normalized spacial score (nSPS) is 10.0. The summed E-state index contributed by atoms with van der Waals surface area (Å²) in [7, 11) is 0. The number of rotatable bonds is 7. The first-order valence-electron chi connectivity index (χ1n) is 3.95. The molecule has 0 aromatic carbocycles. The van der Waals surface area contributed by atoms with Gasteiger partial charge in [0, 0.05) is 23.5 Å². The Kier molecular flexibility index (Phi) is 9.22. The van der Waals surface area contributed by atoms with Gasteiger partial charge in [-0.2, -0.15) is 0 Å². The lowest BCUT2D eigenvalue weighted by Gasteiger charge is -1.96. The number of carbonyl (C=O) groups is 1. The Bertz CT molecular complexity index is 104. The number of unbranched alkanes of at least 4 members (excludes halogenated alkanes) is 1. The Morgan fingerprint density at radius 2 is 1.45 bits per heavy atom. The largest absolute Gasteiger partial charge is 0.300 e. The van der Waals surface area contributed by atoms with Crippen LogP contribution in [-0.2, 0) is 4.79 Å². The summed E-state index contributed by atoms with van der Waals surface area (Å²) in [6.07, 6.45) is 4.63. The van der Waals surface area contributed by atoms with Crippen LogP contribution in [-0.4, -0.2) is 16.4 Å². The fourth-order valence-electron chi connectivity index (χ4n) is 0.806. The first-order valence-corrected chi connectivity index (χ1v) is 6.19. The van der Waals surface area contributed by atoms with E-state index < -0.39 is 0 Å². The Balaban J connectivity index is 3.09. The van der Waals surface area contributed by atoms with Gasteiger partial charge in [-0.05, 0) is 19.3 Å². The van der Waals surface area contributed by atoms with E-state index in [1.165, 1.54) is 0 Å². The molecular formula is C8H14Br2O. The third-order valence-electron chi connectivity index (χ3n) is 1.43. The van der Waals surface area contributed by atoms with Crippen molar-refractivity contribution in [2.24, 2.45) is 0 Å². The smallest absolute Gasteiger partial charge is 0.132 e. The van der Waals surface area contributed by atoms with Gasteiger partial charge in [0.25, 0.3) is 0 Å². The second kappa shape index (κ2) is 8.72. The van der Waals surface area contributed by atoms with Crippen LogP contribution < -0.4 is 0 Å². The van der Waals surface area contributed by atoms with Crippen LogP contribution in [0.2, 0.25) is 0 Å². The summed E-state index contributed by atoms with van der Waals surface area (Å²) in [4.78, 5) is 11.0. The lowest BCUT2D eigenvalue weighted by molar-refractivity contribution is -0.119. The summed E-state index contributed by atoms with van der Waals surface area (Å²) in [5.74, 6) is 0.408. The third-order valence-corrected chi connectivity index (χ3v) is 2.55. The van der Waals surface area contributed by atoms with Gasteiger partial charge in [0.15, 0.2) is 0 Å². The highest BCUT2D eigenvalue weighted by atomic mass is 79.9. The van der Waals surface area contributed by atoms with Gasteiger partial charge >= 0.3 is 0 Å². The second-order valence-corrected chi connectivity index (χ2v) is 4.06. The molecule has 0 saturated heterocycles. The highest BCUT2D eigenvalue weighted by molar-refractivity contribution is 9.09. The van der Waals surface area contributed by atoms with Crippen LogP contribution >= 0.6 is 31.9 Å². The Hall–Kier alpha value is 0.630. The van der Waals surface area contributed by atoms with E-state index in [0.717, 1.165) is 42.8 Å². The van der Waals surface area contributed by atoms with Gasteiger partial charge in [-0.3, -0.25) is 4.79 Å². The molecule has 0 fully saturated rings. The molecule has 0 aliphatic heterocycles. The monoisotopic (exact) mass is 284 g/mol. The molecule has 0 spiro atoms. The molecular weight excluding hydrogens is 272 g/mol. The molecule has 0 bridgehead atoms. The van der Waals surface area contributed by atoms with Gasteiger partial charge in [-0.1, -0.05) is 31.9 Å². The highest BCUT2D eigenvalue weighted by Crippen LogP contribution is 2.04. The van der Waals surface area contributed by atoms with Crippen LogP contribution in [0.1, 0.15) is 32.1 Å². The van der Waals surface area contributed by atoms with Crippen molar-refractivity contribution in [3.05, 3.63) is 0 Å². The number of halogens is 2. The number of ketones is 1. The van der Waals surface area contributed by atoms with Gasteiger partial charge < -0.3 is 0 Å². The van der Waals surface area contributed by atoms with Crippen molar-refractivity contribution in [2.45, 2.75) is 32.1 Å². The minimum Gasteiger partial charge on any atom is -0.300 e. The molecule has 1 nitrogen and oxygen atoms in total. The summed E-state index contributed by atoms with van der Waals surface area (Å²) in [6, 6.07) is 0. The SMILES string of the molecule is O=C(CCCBr)CCCCBr. The molecule has 0 unspecified atom stereocenters. The summed E-state index contributed by atoms with van der Waals surface area (Å²) in [5, 5.41) is 1.95. The summed E-state index contributed by atoms with van der Waals surface area (Å²) < 4.78 is 0. The van der Waals surface area contributed by atoms with E-state index in [4.69, 9.17) is 0 Å². The molecule has 0 aromatic heterocycles. The average molecular weight is 286 g/mol. The fourth-order valence-corrected chi connectivity index (χ4v) is 1.48. The van der Waals surface area contributed by atoms with E-state index in [0.29, 0.717) is 5.78 Å². The molecule has 66 valence electrons. The third kappa shape index (κ3) is 8.54. The van der Waals surface area contributed by atoms with E-state index in [2.05, 4.69) is 31.9 Å². The first-order chi connectivity index (χ1) is 5.31. The van der Waals surface area contributed by atoms with Crippen molar-refractivity contribution in [1.82, 2.24) is 0 Å². The Labute approximate surface area is 85.2 Å². The van der Waals surface area contributed by atoms with Crippen molar-refractivity contribution < 1.29 is 4.79 Å². The number of Topliss-reactive ketones (excluding diaryl/α,β-unsaturated/α-hetero) is 1. The molecule has 0 rings (SSSR count). The van der Waals surface area contributed by atoms with E-state index in [-0.39, 0.29) is 0 Å². The predicted octanol–water partition coefficient (Wildman–Crippen LogP) is 3.30. The van der Waals surface area contributed by atoms with Crippen LogP contribution in [0.4, 0.5) is 0 Å². The van der Waals surface area contributed by atoms with Crippen molar-refractivity contribution in [1.29, 1.82) is 0 Å². The van der Waals surface area contributed by atoms with Gasteiger partial charge in [0.1, 0.15) is 5.78 Å². The second-order valence-electron chi connectivity index (χ2n) is 2.48. The zero-order valence-electron chi connectivity index (χ0n) is 6.61. The molecule has 11 heavy (non-hydrogen) atoms. The molecule has 0 aliphatic carbocycles. The van der Waals surface area contributed by atoms with Gasteiger partial charge in [-0.15, -0.1) is 0 Å². The number of alkyl halides is 2. The number of hydrogen-bond donors (Lipinski definition) is 0. The number of hydrogen-bond acceptors (Lipinski definition) is 1. The van der Waals surface area contributed by atoms with Crippen molar-refractivity contribution in [2.75, 3.05) is 10.7 Å². The van der Waals surface area contributed by atoms with Crippen LogP contribution in [0, 0.1) is 0 Å². The minimum absolute atomic E-state index is 0.408. The van der Waals surface area contributed by atoms with E-state index in [9.17, 15) is 4.79 Å². The maximum atomic E-state index is 11.0. The van der Waals surface area contributed by atoms with Gasteiger partial charge in [0.05, 0.1) is 0 Å². The van der Waals surface area contributed by atoms with E-state index >= 15 is 0 Å². The molecule has 0 N–H and O–H groups in total. The van der Waals surface area contributed by atoms with Crippen molar-refractivity contribution in [3.63, 3.8) is 0 Å². The molecule has 0 amide bonds. The molecule has 0 heterocycles. The maximum Gasteiger partial charge on any atom is 0.132 e. The maximum absolute atomic E-state index is 11.0. The van der Waals surface area contributed by atoms with Crippen LogP contribution in [0.5, 0.6) is 0 Å². The Morgan fingerprint density at radius 3 is 2.00 bits per heavy atom. The van der Waals surface area contributed by atoms with E-state index in [1.54, 1.807) is 0 Å². The van der Waals surface area contributed by atoms with Crippen molar-refractivity contribution in [3.8, 4) is 0 Å². The molecule has 0 saturated carbocycles. The predicted molar refractivity (Wildman–Crippen MR) is 55.7 cm³/mol. The number of carbonyl (C=O) groups excluding carboxylic acids is 1. The molecule has 0 aliphatic rings. The summed E-state index contributed by atoms with van der Waals surface area (Å²) in [5.41, 5.74) is 0. The molecule has 0 aromatic rings. The lowest BCUT2D eigenvalue weighted by atomic mass is 10.1. The van der Waals surface area contributed by atoms with Gasteiger partial charge in [0.2, 0.25) is 0 Å². The molecule has 0 atom stereocenters. The summed E-state index contributed by atoms with van der Waals surface area (Å²) in [6.45, 7) is 0. The topological polar surface area (TPSA) is 17.1 Å². The highest BCUT2D eigenvalue weighted by Gasteiger charge is 1.99. The van der Waals surface area contributed by atoms with Crippen LogP contribution in [0.3, 0.4) is 0 Å². The zero-order valence-corrected chi connectivity index (χ0v) is 9.79. The standard InChI is InChI=1S/C8H14Br2O/c9-6-2-1-4-8(11)5-3-7-10/h1-7H2. The molecule has 3 heteroatoms.